The van der Waals surface area contributed by atoms with Crippen LogP contribution in [0, 0.1) is 11.6 Å². The molecule has 176 valence electrons. The standard InChI is InChI=1S/C23H26ClF2N3O2SSi/c1-33(2,3)9-7-30-14-29-13-16(24)21-19(4-5-28-23(21)29)31-22-17(25)10-15(11-18(22)26)12-20-27-6-8-32-20/h4-5,10-11,13H,6-9,12,14H2,1-3H3. The van der Waals surface area contributed by atoms with Gasteiger partial charge in [-0.05, 0) is 29.8 Å². The number of nitrogens with zero attached hydrogens (tertiary/aromatic N) is 3. The van der Waals surface area contributed by atoms with E-state index in [0.29, 0.717) is 34.6 Å². The number of thioether (sulfide) groups is 1. The molecule has 0 radical (unpaired) electrons. The molecule has 4 rings (SSSR count). The van der Waals surface area contributed by atoms with Crippen LogP contribution in [0.2, 0.25) is 30.7 Å². The highest BCUT2D eigenvalue weighted by Gasteiger charge is 2.20. The minimum atomic E-state index is -1.20. The number of hydrogen-bond donors (Lipinski definition) is 0. The van der Waals surface area contributed by atoms with Crippen molar-refractivity contribution in [3.63, 3.8) is 0 Å². The molecule has 10 heteroatoms. The van der Waals surface area contributed by atoms with E-state index >= 15 is 0 Å². The van der Waals surface area contributed by atoms with Crippen molar-refractivity contribution in [2.45, 2.75) is 38.8 Å². The van der Waals surface area contributed by atoms with Gasteiger partial charge in [0, 0.05) is 45.8 Å². The van der Waals surface area contributed by atoms with Gasteiger partial charge in [-0.15, -0.1) is 11.8 Å². The van der Waals surface area contributed by atoms with Gasteiger partial charge in [0.05, 0.1) is 15.5 Å². The number of pyridine rings is 1. The lowest BCUT2D eigenvalue weighted by Crippen LogP contribution is -2.22. The minimum Gasteiger partial charge on any atom is -0.450 e. The van der Waals surface area contributed by atoms with Crippen LogP contribution in [0.15, 0.2) is 35.6 Å². The Bertz CT molecular complexity index is 1170. The predicted molar refractivity (Wildman–Crippen MR) is 134 cm³/mol. The molecule has 5 nitrogen and oxygen atoms in total. The van der Waals surface area contributed by atoms with Crippen molar-refractivity contribution in [3.8, 4) is 11.5 Å². The Morgan fingerprint density at radius 3 is 2.64 bits per heavy atom. The number of aliphatic imine (C=N–C) groups is 1. The van der Waals surface area contributed by atoms with Crippen LogP contribution in [0.1, 0.15) is 5.56 Å². The Kier molecular flexibility index (Phi) is 7.42. The average molecular weight is 510 g/mol. The van der Waals surface area contributed by atoms with E-state index in [1.807, 2.05) is 0 Å². The summed E-state index contributed by atoms with van der Waals surface area (Å²) in [6, 6.07) is 5.17. The van der Waals surface area contributed by atoms with E-state index in [1.165, 1.54) is 18.3 Å². The summed E-state index contributed by atoms with van der Waals surface area (Å²) in [5.41, 5.74) is 1.05. The van der Waals surface area contributed by atoms with Crippen LogP contribution in [0.3, 0.4) is 0 Å². The summed E-state index contributed by atoms with van der Waals surface area (Å²) >= 11 is 8.05. The van der Waals surface area contributed by atoms with Gasteiger partial charge in [-0.3, -0.25) is 4.99 Å². The lowest BCUT2D eigenvalue weighted by molar-refractivity contribution is 0.0899. The van der Waals surface area contributed by atoms with E-state index < -0.39 is 25.5 Å². The van der Waals surface area contributed by atoms with Gasteiger partial charge in [-0.25, -0.2) is 13.8 Å². The summed E-state index contributed by atoms with van der Waals surface area (Å²) in [7, 11) is -1.20. The highest BCUT2D eigenvalue weighted by molar-refractivity contribution is 8.14. The second kappa shape index (κ2) is 10.1. The monoisotopic (exact) mass is 509 g/mol. The highest BCUT2D eigenvalue weighted by Crippen LogP contribution is 2.37. The van der Waals surface area contributed by atoms with Crippen molar-refractivity contribution in [2.75, 3.05) is 18.9 Å². The molecular weight excluding hydrogens is 484 g/mol. The number of aromatic nitrogens is 2. The van der Waals surface area contributed by atoms with Gasteiger partial charge in [0.15, 0.2) is 17.4 Å². The van der Waals surface area contributed by atoms with Gasteiger partial charge in [0.1, 0.15) is 18.1 Å². The van der Waals surface area contributed by atoms with E-state index in [9.17, 15) is 8.78 Å². The molecule has 1 aromatic carbocycles. The maximum Gasteiger partial charge on any atom is 0.198 e. The third-order valence-electron chi connectivity index (χ3n) is 5.17. The summed E-state index contributed by atoms with van der Waals surface area (Å²) in [4.78, 5) is 8.71. The van der Waals surface area contributed by atoms with Crippen LogP contribution in [-0.2, 0) is 17.9 Å². The van der Waals surface area contributed by atoms with E-state index in [-0.39, 0.29) is 12.5 Å². The highest BCUT2D eigenvalue weighted by atomic mass is 35.5. The van der Waals surface area contributed by atoms with Crippen LogP contribution in [-0.4, -0.2) is 41.6 Å². The molecule has 1 aliphatic heterocycles. The van der Waals surface area contributed by atoms with Gasteiger partial charge in [-0.2, -0.15) is 0 Å². The average Bonchev–Trinajstić information content (AvgIpc) is 3.36. The van der Waals surface area contributed by atoms with Crippen molar-refractivity contribution in [3.05, 3.63) is 52.8 Å². The third-order valence-corrected chi connectivity index (χ3v) is 8.16. The number of rotatable bonds is 9. The van der Waals surface area contributed by atoms with Crippen LogP contribution < -0.4 is 4.74 Å². The molecule has 0 saturated carbocycles. The number of ether oxygens (including phenoxy) is 2. The Balaban J connectivity index is 1.55. The van der Waals surface area contributed by atoms with Crippen LogP contribution in [0.25, 0.3) is 11.0 Å². The first kappa shape index (κ1) is 24.2. The number of fused-ring (bicyclic) bond motifs is 1. The zero-order chi connectivity index (χ0) is 23.6. The summed E-state index contributed by atoms with van der Waals surface area (Å²) in [6.07, 6.45) is 3.62. The minimum absolute atomic E-state index is 0.229. The van der Waals surface area contributed by atoms with Crippen molar-refractivity contribution in [1.82, 2.24) is 9.55 Å². The molecule has 0 bridgehead atoms. The molecule has 0 spiro atoms. The van der Waals surface area contributed by atoms with Gasteiger partial charge in [0.2, 0.25) is 0 Å². The predicted octanol–water partition coefficient (Wildman–Crippen LogP) is 6.76. The lowest BCUT2D eigenvalue weighted by atomic mass is 10.1. The van der Waals surface area contributed by atoms with Gasteiger partial charge in [0.25, 0.3) is 0 Å². The van der Waals surface area contributed by atoms with Crippen molar-refractivity contribution >= 4 is 47.5 Å². The topological polar surface area (TPSA) is 48.6 Å². The lowest BCUT2D eigenvalue weighted by Gasteiger charge is -2.15. The molecule has 3 aromatic rings. The smallest absolute Gasteiger partial charge is 0.198 e. The molecule has 0 saturated heterocycles. The molecule has 0 fully saturated rings. The molecule has 0 amide bonds. The van der Waals surface area contributed by atoms with Crippen molar-refractivity contribution in [2.24, 2.45) is 4.99 Å². The third kappa shape index (κ3) is 5.95. The SMILES string of the molecule is C[Si](C)(C)CCOCn1cc(Cl)c2c(Oc3c(F)cc(CC4=NCCS4)cc3F)ccnc21. The quantitative estimate of drug-likeness (QED) is 0.236. The fraction of sp³-hybridized carbons (Fsp3) is 0.391. The second-order valence-corrected chi connectivity index (χ2v) is 16.3. The zero-order valence-electron chi connectivity index (χ0n) is 18.8. The summed E-state index contributed by atoms with van der Waals surface area (Å²) in [5, 5.41) is 1.74. The normalized spacial score (nSPS) is 14.2. The Hall–Kier alpha value is -1.94. The first-order valence-electron chi connectivity index (χ1n) is 10.7. The number of hydrogen-bond acceptors (Lipinski definition) is 5. The Labute approximate surface area is 202 Å². The molecule has 0 atom stereocenters. The van der Waals surface area contributed by atoms with Crippen LogP contribution >= 0.6 is 23.4 Å². The molecule has 3 heterocycles. The maximum atomic E-state index is 14.8. The zero-order valence-corrected chi connectivity index (χ0v) is 21.4. The van der Waals surface area contributed by atoms with Gasteiger partial charge < -0.3 is 14.0 Å². The largest absolute Gasteiger partial charge is 0.450 e. The summed E-state index contributed by atoms with van der Waals surface area (Å²) < 4.78 is 42.9. The van der Waals surface area contributed by atoms with Crippen molar-refractivity contribution in [1.29, 1.82) is 0 Å². The first-order chi connectivity index (χ1) is 15.7. The molecule has 2 aromatic heterocycles. The molecular formula is C23H26ClF2N3O2SSi. The summed E-state index contributed by atoms with van der Waals surface area (Å²) in [6.45, 7) is 8.54. The molecule has 0 unspecified atom stereocenters. The van der Waals surface area contributed by atoms with E-state index in [1.54, 1.807) is 28.6 Å². The molecule has 33 heavy (non-hydrogen) atoms. The number of halogens is 3. The van der Waals surface area contributed by atoms with Crippen molar-refractivity contribution < 1.29 is 18.3 Å². The molecule has 0 N–H and O–H groups in total. The molecule has 0 aliphatic carbocycles. The van der Waals surface area contributed by atoms with E-state index in [2.05, 4.69) is 29.6 Å². The molecule has 1 aliphatic rings. The fourth-order valence-corrected chi connectivity index (χ4v) is 5.37. The number of benzene rings is 1. The van der Waals surface area contributed by atoms with E-state index in [0.717, 1.165) is 23.4 Å². The van der Waals surface area contributed by atoms with Crippen LogP contribution in [0.4, 0.5) is 8.78 Å². The van der Waals surface area contributed by atoms with Gasteiger partial charge in [-0.1, -0.05) is 31.2 Å². The van der Waals surface area contributed by atoms with E-state index in [4.69, 9.17) is 21.1 Å². The summed E-state index contributed by atoms with van der Waals surface area (Å²) in [5.74, 6) is -0.884. The van der Waals surface area contributed by atoms with Crippen LogP contribution in [0.5, 0.6) is 11.5 Å². The Morgan fingerprint density at radius 1 is 1.21 bits per heavy atom. The maximum absolute atomic E-state index is 14.8. The fourth-order valence-electron chi connectivity index (χ4n) is 3.45. The van der Waals surface area contributed by atoms with Gasteiger partial charge >= 0.3 is 0 Å². The second-order valence-electron chi connectivity index (χ2n) is 9.09. The first-order valence-corrected chi connectivity index (χ1v) is 15.8. The Morgan fingerprint density at radius 2 is 1.97 bits per heavy atom.